The van der Waals surface area contributed by atoms with Crippen LogP contribution in [0.25, 0.3) is 0 Å². The van der Waals surface area contributed by atoms with Gasteiger partial charge in [0.2, 0.25) is 0 Å². The monoisotopic (exact) mass is 373 g/mol. The minimum absolute atomic E-state index is 0.161. The van der Waals surface area contributed by atoms with Crippen molar-refractivity contribution >= 4 is 15.7 Å². The topological polar surface area (TPSA) is 55.4 Å². The van der Waals surface area contributed by atoms with E-state index in [1.54, 1.807) is 12.1 Å². The van der Waals surface area contributed by atoms with E-state index >= 15 is 0 Å². The number of alkyl halides is 3. The van der Waals surface area contributed by atoms with Crippen molar-refractivity contribution in [2.75, 3.05) is 4.72 Å². The fourth-order valence-corrected chi connectivity index (χ4v) is 3.33. The number of anilines is 1. The van der Waals surface area contributed by atoms with Gasteiger partial charge in [0, 0.05) is 0 Å². The van der Waals surface area contributed by atoms with Crippen LogP contribution in [0.5, 0.6) is 5.75 Å². The van der Waals surface area contributed by atoms with Gasteiger partial charge in [-0.2, -0.15) is 0 Å². The summed E-state index contributed by atoms with van der Waals surface area (Å²) < 4.78 is 67.7. The van der Waals surface area contributed by atoms with Crippen LogP contribution in [0.3, 0.4) is 0 Å². The third-order valence-corrected chi connectivity index (χ3v) is 4.73. The highest BCUT2D eigenvalue weighted by molar-refractivity contribution is 7.92. The highest BCUT2D eigenvalue weighted by atomic mass is 32.2. The van der Waals surface area contributed by atoms with Gasteiger partial charge in [-0.05, 0) is 41.3 Å². The van der Waals surface area contributed by atoms with Gasteiger partial charge < -0.3 is 4.74 Å². The van der Waals surface area contributed by atoms with Crippen molar-refractivity contribution in [2.24, 2.45) is 0 Å². The van der Waals surface area contributed by atoms with Gasteiger partial charge in [-0.1, -0.05) is 39.0 Å². The molecular formula is C17H18F3NO3S. The predicted octanol–water partition coefficient (Wildman–Crippen LogP) is 4.68. The molecule has 0 atom stereocenters. The summed E-state index contributed by atoms with van der Waals surface area (Å²) in [6, 6.07) is 11.0. The lowest BCUT2D eigenvalue weighted by molar-refractivity contribution is -0.274. The van der Waals surface area contributed by atoms with Crippen LogP contribution >= 0.6 is 0 Å². The Bertz CT molecular complexity index is 839. The number of hydrogen-bond acceptors (Lipinski definition) is 3. The molecule has 0 unspecified atom stereocenters. The maximum atomic E-state index is 12.5. The number of sulfonamides is 1. The Morgan fingerprint density at radius 3 is 2.00 bits per heavy atom. The van der Waals surface area contributed by atoms with Gasteiger partial charge >= 0.3 is 6.36 Å². The van der Waals surface area contributed by atoms with Crippen LogP contribution in [0.15, 0.2) is 53.4 Å². The maximum Gasteiger partial charge on any atom is 0.573 e. The third kappa shape index (κ3) is 5.12. The average molecular weight is 373 g/mol. The molecule has 0 radical (unpaired) electrons. The van der Waals surface area contributed by atoms with Crippen LogP contribution in [-0.2, 0) is 15.4 Å². The van der Waals surface area contributed by atoms with Crippen molar-refractivity contribution in [2.45, 2.75) is 37.4 Å². The third-order valence-electron chi connectivity index (χ3n) is 3.35. The van der Waals surface area contributed by atoms with E-state index in [2.05, 4.69) is 9.46 Å². The minimum atomic E-state index is -4.83. The molecule has 2 rings (SSSR count). The van der Waals surface area contributed by atoms with E-state index in [4.69, 9.17) is 0 Å². The minimum Gasteiger partial charge on any atom is -0.406 e. The average Bonchev–Trinajstić information content (AvgIpc) is 2.45. The Balaban J connectivity index is 2.29. The lowest BCUT2D eigenvalue weighted by Gasteiger charge is -2.23. The SMILES string of the molecule is CC(C)(C)c1ccccc1NS(=O)(=O)c1ccc(OC(F)(F)F)cc1. The zero-order chi connectivity index (χ0) is 18.9. The molecule has 0 saturated carbocycles. The Kier molecular flexibility index (Phi) is 5.04. The second-order valence-electron chi connectivity index (χ2n) is 6.42. The van der Waals surface area contributed by atoms with Crippen molar-refractivity contribution in [3.63, 3.8) is 0 Å². The van der Waals surface area contributed by atoms with E-state index in [0.29, 0.717) is 5.69 Å². The number of hydrogen-bond donors (Lipinski definition) is 1. The summed E-state index contributed by atoms with van der Waals surface area (Å²) in [5, 5.41) is 0. The summed E-state index contributed by atoms with van der Waals surface area (Å²) in [6.07, 6.45) is -4.83. The van der Waals surface area contributed by atoms with E-state index < -0.39 is 22.1 Å². The number of ether oxygens (including phenoxy) is 1. The standard InChI is InChI=1S/C17H18F3NO3S/c1-16(2,3)14-6-4-5-7-15(14)21-25(22,23)13-10-8-12(9-11-13)24-17(18,19)20/h4-11,21H,1-3H3. The first-order chi connectivity index (χ1) is 11.4. The van der Waals surface area contributed by atoms with E-state index in [1.807, 2.05) is 32.9 Å². The van der Waals surface area contributed by atoms with Crippen LogP contribution in [0.2, 0.25) is 0 Å². The van der Waals surface area contributed by atoms with Crippen LogP contribution in [0, 0.1) is 0 Å². The number of halogens is 3. The lowest BCUT2D eigenvalue weighted by atomic mass is 9.86. The molecular weight excluding hydrogens is 355 g/mol. The van der Waals surface area contributed by atoms with Crippen LogP contribution in [-0.4, -0.2) is 14.8 Å². The van der Waals surface area contributed by atoms with Crippen molar-refractivity contribution in [3.05, 3.63) is 54.1 Å². The number of nitrogens with one attached hydrogen (secondary N) is 1. The summed E-state index contributed by atoms with van der Waals surface area (Å²) in [5.74, 6) is -0.485. The Morgan fingerprint density at radius 1 is 0.920 bits per heavy atom. The molecule has 0 aliphatic rings. The first-order valence-electron chi connectivity index (χ1n) is 7.37. The van der Waals surface area contributed by atoms with Crippen molar-refractivity contribution in [1.29, 1.82) is 0 Å². The van der Waals surface area contributed by atoms with Crippen molar-refractivity contribution in [1.82, 2.24) is 0 Å². The van der Waals surface area contributed by atoms with Gasteiger partial charge in [-0.25, -0.2) is 8.42 Å². The van der Waals surface area contributed by atoms with E-state index in [1.165, 1.54) is 0 Å². The number of rotatable bonds is 4. The largest absolute Gasteiger partial charge is 0.573 e. The zero-order valence-corrected chi connectivity index (χ0v) is 14.7. The van der Waals surface area contributed by atoms with Gasteiger partial charge in [0.25, 0.3) is 10.0 Å². The number of para-hydroxylation sites is 1. The molecule has 0 heterocycles. The van der Waals surface area contributed by atoms with E-state index in [-0.39, 0.29) is 10.3 Å². The Labute approximate surface area is 144 Å². The fourth-order valence-electron chi connectivity index (χ4n) is 2.25. The summed E-state index contributed by atoms with van der Waals surface area (Å²) in [4.78, 5) is -0.161. The van der Waals surface area contributed by atoms with E-state index in [0.717, 1.165) is 29.8 Å². The molecule has 1 N–H and O–H groups in total. The molecule has 8 heteroatoms. The molecule has 0 bridgehead atoms. The molecule has 136 valence electrons. The molecule has 0 aliphatic heterocycles. The van der Waals surface area contributed by atoms with Gasteiger partial charge in [0.05, 0.1) is 10.6 Å². The maximum absolute atomic E-state index is 12.5. The second kappa shape index (κ2) is 6.59. The number of benzene rings is 2. The van der Waals surface area contributed by atoms with Crippen LogP contribution < -0.4 is 9.46 Å². The summed E-state index contributed by atoms with van der Waals surface area (Å²) in [6.45, 7) is 5.84. The first-order valence-corrected chi connectivity index (χ1v) is 8.85. The molecule has 4 nitrogen and oxygen atoms in total. The van der Waals surface area contributed by atoms with Crippen LogP contribution in [0.1, 0.15) is 26.3 Å². The summed E-state index contributed by atoms with van der Waals surface area (Å²) >= 11 is 0. The molecule has 2 aromatic rings. The van der Waals surface area contributed by atoms with Gasteiger partial charge in [0.1, 0.15) is 5.75 Å². The lowest BCUT2D eigenvalue weighted by Crippen LogP contribution is -2.19. The van der Waals surface area contributed by atoms with Gasteiger partial charge in [0.15, 0.2) is 0 Å². The molecule has 0 spiro atoms. The van der Waals surface area contributed by atoms with Gasteiger partial charge in [-0.3, -0.25) is 4.72 Å². The molecule has 25 heavy (non-hydrogen) atoms. The van der Waals surface area contributed by atoms with Crippen LogP contribution in [0.4, 0.5) is 18.9 Å². The highest BCUT2D eigenvalue weighted by Crippen LogP contribution is 2.31. The fraction of sp³-hybridized carbons (Fsp3) is 0.294. The predicted molar refractivity (Wildman–Crippen MR) is 89.1 cm³/mol. The molecule has 0 fully saturated rings. The summed E-state index contributed by atoms with van der Waals surface area (Å²) in [5.41, 5.74) is 0.935. The molecule has 0 aliphatic carbocycles. The highest BCUT2D eigenvalue weighted by Gasteiger charge is 2.31. The van der Waals surface area contributed by atoms with Crippen molar-refractivity contribution < 1.29 is 26.3 Å². The Hall–Kier alpha value is -2.22. The normalized spacial score (nSPS) is 12.7. The zero-order valence-electron chi connectivity index (χ0n) is 13.9. The second-order valence-corrected chi connectivity index (χ2v) is 8.10. The first kappa shape index (κ1) is 19.1. The smallest absolute Gasteiger partial charge is 0.406 e. The molecule has 0 saturated heterocycles. The Morgan fingerprint density at radius 2 is 1.48 bits per heavy atom. The van der Waals surface area contributed by atoms with Gasteiger partial charge in [-0.15, -0.1) is 13.2 Å². The summed E-state index contributed by atoms with van der Waals surface area (Å²) in [7, 11) is -3.94. The molecule has 2 aromatic carbocycles. The van der Waals surface area contributed by atoms with Crippen molar-refractivity contribution in [3.8, 4) is 5.75 Å². The van der Waals surface area contributed by atoms with E-state index in [9.17, 15) is 21.6 Å². The molecule has 0 amide bonds. The quantitative estimate of drug-likeness (QED) is 0.846. The molecule has 0 aromatic heterocycles.